The van der Waals surface area contributed by atoms with Gasteiger partial charge in [-0.3, -0.25) is 29.4 Å². The smallest absolute Gasteiger partial charge is 0.282 e. The number of rotatable bonds is 5. The van der Waals surface area contributed by atoms with E-state index in [1.165, 1.54) is 26.4 Å². The molecule has 0 saturated carbocycles. The molecule has 0 radical (unpaired) electrons. The first-order valence-corrected chi connectivity index (χ1v) is 8.57. The number of nitro benzene ring substituents is 1. The highest BCUT2D eigenvalue weighted by molar-refractivity contribution is 6.25. The van der Waals surface area contributed by atoms with Crippen LogP contribution >= 0.6 is 0 Å². The molecule has 0 aliphatic carbocycles. The monoisotopic (exact) mass is 397 g/mol. The van der Waals surface area contributed by atoms with Crippen LogP contribution in [0.3, 0.4) is 0 Å². The zero-order valence-electron chi connectivity index (χ0n) is 15.4. The van der Waals surface area contributed by atoms with Crippen LogP contribution in [0.5, 0.6) is 11.5 Å². The fraction of sp³-hybridized carbons (Fsp3) is 0.211. The average molecular weight is 397 g/mol. The summed E-state index contributed by atoms with van der Waals surface area (Å²) in [4.78, 5) is 49.5. The first-order valence-electron chi connectivity index (χ1n) is 8.57. The van der Waals surface area contributed by atoms with Crippen LogP contribution in [0, 0.1) is 10.1 Å². The van der Waals surface area contributed by atoms with Crippen molar-refractivity contribution in [1.82, 2.24) is 10.2 Å². The lowest BCUT2D eigenvalue weighted by atomic mass is 9.89. The number of hydrogen-bond donors (Lipinski definition) is 1. The molecule has 3 amide bonds. The fourth-order valence-electron chi connectivity index (χ4n) is 3.73. The molecule has 148 valence electrons. The zero-order chi connectivity index (χ0) is 20.9. The van der Waals surface area contributed by atoms with Gasteiger partial charge in [0.2, 0.25) is 5.91 Å². The Morgan fingerprint density at radius 3 is 2.38 bits per heavy atom. The first-order chi connectivity index (χ1) is 13.9. The van der Waals surface area contributed by atoms with Crippen molar-refractivity contribution in [3.8, 4) is 11.5 Å². The van der Waals surface area contributed by atoms with Gasteiger partial charge in [0.15, 0.2) is 11.5 Å². The molecule has 10 heteroatoms. The molecule has 0 bridgehead atoms. The van der Waals surface area contributed by atoms with Crippen LogP contribution in [0.1, 0.15) is 32.3 Å². The van der Waals surface area contributed by atoms with Crippen LogP contribution in [0.4, 0.5) is 5.69 Å². The van der Waals surface area contributed by atoms with Crippen molar-refractivity contribution in [3.05, 3.63) is 63.2 Å². The van der Waals surface area contributed by atoms with E-state index in [1.807, 2.05) is 0 Å². The molecule has 0 spiro atoms. The highest BCUT2D eigenvalue weighted by Gasteiger charge is 2.54. The highest BCUT2D eigenvalue weighted by Crippen LogP contribution is 2.42. The van der Waals surface area contributed by atoms with Gasteiger partial charge in [-0.25, -0.2) is 0 Å². The van der Waals surface area contributed by atoms with Gasteiger partial charge in [-0.2, -0.15) is 0 Å². The van der Waals surface area contributed by atoms with Gasteiger partial charge >= 0.3 is 0 Å². The van der Waals surface area contributed by atoms with Crippen LogP contribution in [-0.2, 0) is 4.79 Å². The number of β-lactam (4-membered cyclic amide) rings is 1. The van der Waals surface area contributed by atoms with Crippen molar-refractivity contribution >= 4 is 23.4 Å². The van der Waals surface area contributed by atoms with Crippen molar-refractivity contribution in [2.75, 3.05) is 14.2 Å². The van der Waals surface area contributed by atoms with Crippen molar-refractivity contribution in [1.29, 1.82) is 0 Å². The summed E-state index contributed by atoms with van der Waals surface area (Å²) in [6.45, 7) is 0. The summed E-state index contributed by atoms with van der Waals surface area (Å²) in [6.07, 6.45) is 0. The van der Waals surface area contributed by atoms with Crippen LogP contribution in [0.25, 0.3) is 0 Å². The Hall–Kier alpha value is -3.95. The summed E-state index contributed by atoms with van der Waals surface area (Å²) >= 11 is 0. The molecule has 4 rings (SSSR count). The molecule has 2 aromatic carbocycles. The van der Waals surface area contributed by atoms with Crippen molar-refractivity contribution < 1.29 is 28.8 Å². The molecule has 2 aliphatic heterocycles. The second-order valence-corrected chi connectivity index (χ2v) is 6.45. The number of benzene rings is 2. The Morgan fingerprint density at radius 2 is 1.76 bits per heavy atom. The third-order valence-corrected chi connectivity index (χ3v) is 5.05. The molecular weight excluding hydrogens is 382 g/mol. The quantitative estimate of drug-likeness (QED) is 0.350. The number of hydrogen-bond acceptors (Lipinski definition) is 7. The molecule has 2 unspecified atom stereocenters. The summed E-state index contributed by atoms with van der Waals surface area (Å²) in [7, 11) is 2.89. The van der Waals surface area contributed by atoms with Gasteiger partial charge in [0, 0.05) is 11.6 Å². The van der Waals surface area contributed by atoms with Crippen molar-refractivity contribution in [2.45, 2.75) is 12.1 Å². The number of nitro groups is 1. The number of nitrogens with zero attached hydrogens (tertiary/aromatic N) is 2. The second-order valence-electron chi connectivity index (χ2n) is 6.45. The number of para-hydroxylation sites is 1. The van der Waals surface area contributed by atoms with Crippen LogP contribution in [-0.4, -0.2) is 47.8 Å². The number of carbonyl (C=O) groups is 3. The summed E-state index contributed by atoms with van der Waals surface area (Å²) < 4.78 is 10.6. The number of ether oxygens (including phenoxy) is 2. The summed E-state index contributed by atoms with van der Waals surface area (Å²) in [5.74, 6) is -1.39. The summed E-state index contributed by atoms with van der Waals surface area (Å²) in [6, 6.07) is 6.94. The van der Waals surface area contributed by atoms with E-state index < -0.39 is 40.4 Å². The maximum Gasteiger partial charge on any atom is 0.282 e. The third-order valence-electron chi connectivity index (χ3n) is 5.05. The number of nitrogens with one attached hydrogen (secondary N) is 1. The molecule has 1 fully saturated rings. The van der Waals surface area contributed by atoms with Gasteiger partial charge in [0.05, 0.1) is 30.7 Å². The number of methoxy groups -OCH3 is 2. The lowest BCUT2D eigenvalue weighted by Crippen LogP contribution is -2.65. The normalized spacial score (nSPS) is 20.1. The van der Waals surface area contributed by atoms with E-state index in [-0.39, 0.29) is 11.1 Å². The van der Waals surface area contributed by atoms with Crippen molar-refractivity contribution in [3.63, 3.8) is 0 Å². The summed E-state index contributed by atoms with van der Waals surface area (Å²) in [5, 5.41) is 14.0. The minimum atomic E-state index is -1.16. The zero-order valence-corrected chi connectivity index (χ0v) is 15.4. The average Bonchev–Trinajstić information content (AvgIpc) is 2.96. The van der Waals surface area contributed by atoms with Gasteiger partial charge in [-0.1, -0.05) is 18.2 Å². The van der Waals surface area contributed by atoms with E-state index in [2.05, 4.69) is 5.32 Å². The van der Waals surface area contributed by atoms with E-state index in [4.69, 9.17) is 9.47 Å². The molecule has 10 nitrogen and oxygen atoms in total. The maximum absolute atomic E-state index is 12.9. The maximum atomic E-state index is 12.9. The fourth-order valence-corrected chi connectivity index (χ4v) is 3.73. The van der Waals surface area contributed by atoms with E-state index in [0.717, 1.165) is 11.0 Å². The van der Waals surface area contributed by atoms with E-state index in [9.17, 15) is 24.5 Å². The molecule has 29 heavy (non-hydrogen) atoms. The first kappa shape index (κ1) is 18.4. The third kappa shape index (κ3) is 2.53. The van der Waals surface area contributed by atoms with Crippen LogP contribution in [0.2, 0.25) is 0 Å². The van der Waals surface area contributed by atoms with E-state index in [1.54, 1.807) is 18.2 Å². The predicted molar refractivity (Wildman–Crippen MR) is 97.8 cm³/mol. The standard InChI is InChI=1S/C19H15N3O7/c1-28-12-8-4-6-10(16(12)29-2)14-15(17(23)20-14)21-18(24)9-5-3-7-11(22(26)27)13(9)19(21)25/h3-8,14-15H,1-2H3,(H,20,23). The largest absolute Gasteiger partial charge is 0.493 e. The molecule has 2 aromatic rings. The van der Waals surface area contributed by atoms with Crippen LogP contribution in [0.15, 0.2) is 36.4 Å². The second kappa shape index (κ2) is 6.59. The van der Waals surface area contributed by atoms with Crippen LogP contribution < -0.4 is 14.8 Å². The number of fused-ring (bicyclic) bond motifs is 1. The number of amides is 3. The molecule has 2 atom stereocenters. The minimum Gasteiger partial charge on any atom is -0.493 e. The summed E-state index contributed by atoms with van der Waals surface area (Å²) in [5.41, 5.74) is -0.361. The Balaban J connectivity index is 1.77. The Morgan fingerprint density at radius 1 is 1.03 bits per heavy atom. The minimum absolute atomic E-state index is 0.0970. The topological polar surface area (TPSA) is 128 Å². The molecule has 1 saturated heterocycles. The molecule has 1 N–H and O–H groups in total. The van der Waals surface area contributed by atoms with Gasteiger partial charge in [0.25, 0.3) is 17.5 Å². The SMILES string of the molecule is COc1cccc(C2NC(=O)C2N2C(=O)c3cccc([N+](=O)[O-])c3C2=O)c1OC. The predicted octanol–water partition coefficient (Wildman–Crippen LogP) is 1.45. The van der Waals surface area contributed by atoms with E-state index in [0.29, 0.717) is 17.1 Å². The number of imide groups is 1. The van der Waals surface area contributed by atoms with Crippen molar-refractivity contribution in [2.24, 2.45) is 0 Å². The Bertz CT molecular complexity index is 1080. The molecular formula is C19H15N3O7. The number of carbonyl (C=O) groups excluding carboxylic acids is 3. The highest BCUT2D eigenvalue weighted by atomic mass is 16.6. The Kier molecular flexibility index (Phi) is 4.18. The Labute approximate surface area is 164 Å². The lowest BCUT2D eigenvalue weighted by molar-refractivity contribution is -0.385. The molecule has 2 aliphatic rings. The lowest BCUT2D eigenvalue weighted by Gasteiger charge is -2.41. The van der Waals surface area contributed by atoms with Gasteiger partial charge in [-0.05, 0) is 12.1 Å². The molecule has 0 aromatic heterocycles. The van der Waals surface area contributed by atoms with E-state index >= 15 is 0 Å². The van der Waals surface area contributed by atoms with Gasteiger partial charge in [-0.15, -0.1) is 0 Å². The van der Waals surface area contributed by atoms with Gasteiger partial charge in [0.1, 0.15) is 11.6 Å². The molecule has 2 heterocycles. The van der Waals surface area contributed by atoms with Gasteiger partial charge < -0.3 is 14.8 Å².